The van der Waals surface area contributed by atoms with E-state index in [0.29, 0.717) is 0 Å². The second kappa shape index (κ2) is 6.36. The standard InChI is InChI=1S/C14H24N2O3Si/c1-14(2,3)20(4,5)19-12(10-16-13(17)18)11-7-6-8-15-9-11/h6-9,12,16H,10H2,1-5H3,(H,17,18). The molecule has 0 aromatic carbocycles. The Balaban J connectivity index is 2.92. The molecule has 6 heteroatoms. The molecule has 0 saturated carbocycles. The quantitative estimate of drug-likeness (QED) is 0.817. The summed E-state index contributed by atoms with van der Waals surface area (Å²) in [5.74, 6) is 0. The molecule has 5 nitrogen and oxygen atoms in total. The molecule has 0 bridgehead atoms. The van der Waals surface area contributed by atoms with Crippen LogP contribution in [-0.4, -0.2) is 31.0 Å². The van der Waals surface area contributed by atoms with Crippen LogP contribution in [0.3, 0.4) is 0 Å². The summed E-state index contributed by atoms with van der Waals surface area (Å²) in [7, 11) is -1.98. The molecule has 0 radical (unpaired) electrons. The summed E-state index contributed by atoms with van der Waals surface area (Å²) in [6, 6.07) is 3.74. The Morgan fingerprint density at radius 1 is 1.50 bits per heavy atom. The van der Waals surface area contributed by atoms with Gasteiger partial charge >= 0.3 is 6.09 Å². The van der Waals surface area contributed by atoms with E-state index in [4.69, 9.17) is 9.53 Å². The third-order valence-corrected chi connectivity index (χ3v) is 8.22. The number of carbonyl (C=O) groups is 1. The lowest BCUT2D eigenvalue weighted by molar-refractivity contribution is 0.163. The van der Waals surface area contributed by atoms with Gasteiger partial charge in [0.2, 0.25) is 0 Å². The molecule has 1 rings (SSSR count). The third kappa shape index (κ3) is 4.61. The monoisotopic (exact) mass is 296 g/mol. The number of hydrogen-bond donors (Lipinski definition) is 2. The van der Waals surface area contributed by atoms with E-state index in [1.165, 1.54) is 0 Å². The zero-order valence-electron chi connectivity index (χ0n) is 12.8. The van der Waals surface area contributed by atoms with Crippen LogP contribution in [0, 0.1) is 0 Å². The highest BCUT2D eigenvalue weighted by Crippen LogP contribution is 2.39. The first-order valence-electron chi connectivity index (χ1n) is 6.68. The van der Waals surface area contributed by atoms with Gasteiger partial charge in [-0.1, -0.05) is 26.8 Å². The van der Waals surface area contributed by atoms with E-state index in [2.05, 4.69) is 44.2 Å². The summed E-state index contributed by atoms with van der Waals surface area (Å²) in [6.45, 7) is 11.0. The van der Waals surface area contributed by atoms with Crippen molar-refractivity contribution >= 4 is 14.4 Å². The maximum Gasteiger partial charge on any atom is 0.404 e. The SMILES string of the molecule is CC(C)(C)[Si](C)(C)OC(CNC(=O)O)c1cccnc1. The number of pyridine rings is 1. The number of nitrogens with zero attached hydrogens (tertiary/aromatic N) is 1. The summed E-state index contributed by atoms with van der Waals surface area (Å²) in [6.07, 6.45) is 2.07. The number of amides is 1. The fourth-order valence-electron chi connectivity index (χ4n) is 1.51. The smallest absolute Gasteiger partial charge is 0.404 e. The first-order valence-corrected chi connectivity index (χ1v) is 9.59. The van der Waals surface area contributed by atoms with Gasteiger partial charge in [0.05, 0.1) is 12.6 Å². The van der Waals surface area contributed by atoms with Gasteiger partial charge in [0.1, 0.15) is 0 Å². The molecular formula is C14H24N2O3Si. The molecule has 0 spiro atoms. The lowest BCUT2D eigenvalue weighted by Crippen LogP contribution is -2.44. The lowest BCUT2D eigenvalue weighted by atomic mass is 10.2. The van der Waals surface area contributed by atoms with Crippen LogP contribution in [0.25, 0.3) is 0 Å². The molecule has 2 N–H and O–H groups in total. The normalized spacial score (nSPS) is 13.8. The predicted molar refractivity (Wildman–Crippen MR) is 81.3 cm³/mol. The van der Waals surface area contributed by atoms with Crippen LogP contribution in [0.5, 0.6) is 0 Å². The van der Waals surface area contributed by atoms with Gasteiger partial charge in [-0.15, -0.1) is 0 Å². The van der Waals surface area contributed by atoms with Gasteiger partial charge in [0, 0.05) is 12.4 Å². The van der Waals surface area contributed by atoms with Crippen LogP contribution in [0.4, 0.5) is 4.79 Å². The zero-order valence-corrected chi connectivity index (χ0v) is 13.8. The topological polar surface area (TPSA) is 71.5 Å². The van der Waals surface area contributed by atoms with Gasteiger partial charge < -0.3 is 14.8 Å². The van der Waals surface area contributed by atoms with Crippen molar-refractivity contribution in [1.29, 1.82) is 0 Å². The van der Waals surface area contributed by atoms with Crippen molar-refractivity contribution in [2.24, 2.45) is 0 Å². The van der Waals surface area contributed by atoms with Gasteiger partial charge in [0.25, 0.3) is 0 Å². The van der Waals surface area contributed by atoms with Crippen LogP contribution < -0.4 is 5.32 Å². The summed E-state index contributed by atoms with van der Waals surface area (Å²) in [4.78, 5) is 14.8. The van der Waals surface area contributed by atoms with Gasteiger partial charge in [-0.2, -0.15) is 0 Å². The van der Waals surface area contributed by atoms with Gasteiger partial charge in [-0.25, -0.2) is 4.79 Å². The van der Waals surface area contributed by atoms with Crippen molar-refractivity contribution in [2.45, 2.75) is 45.0 Å². The number of rotatable bonds is 5. The van der Waals surface area contributed by atoms with E-state index in [0.717, 1.165) is 5.56 Å². The Morgan fingerprint density at radius 3 is 2.60 bits per heavy atom. The largest absolute Gasteiger partial charge is 0.465 e. The van der Waals surface area contributed by atoms with E-state index in [1.807, 2.05) is 12.1 Å². The van der Waals surface area contributed by atoms with E-state index in [-0.39, 0.29) is 17.7 Å². The summed E-state index contributed by atoms with van der Waals surface area (Å²) < 4.78 is 6.31. The molecule has 1 unspecified atom stereocenters. The highest BCUT2D eigenvalue weighted by atomic mass is 28.4. The van der Waals surface area contributed by atoms with Crippen molar-refractivity contribution in [3.63, 3.8) is 0 Å². The Bertz CT molecular complexity index is 443. The highest BCUT2D eigenvalue weighted by Gasteiger charge is 2.39. The van der Waals surface area contributed by atoms with Crippen molar-refractivity contribution in [1.82, 2.24) is 10.3 Å². The molecule has 1 aromatic rings. The maximum atomic E-state index is 10.7. The van der Waals surface area contributed by atoms with E-state index >= 15 is 0 Å². The van der Waals surface area contributed by atoms with Crippen molar-refractivity contribution in [3.05, 3.63) is 30.1 Å². The number of aromatic nitrogens is 1. The Labute approximate surface area is 121 Å². The summed E-state index contributed by atoms with van der Waals surface area (Å²) >= 11 is 0. The molecule has 0 aliphatic carbocycles. The zero-order chi connectivity index (χ0) is 15.4. The number of hydrogen-bond acceptors (Lipinski definition) is 3. The Kier molecular flexibility index (Phi) is 5.30. The number of nitrogens with one attached hydrogen (secondary N) is 1. The van der Waals surface area contributed by atoms with Crippen molar-refractivity contribution < 1.29 is 14.3 Å². The first kappa shape index (κ1) is 16.7. The molecule has 0 saturated heterocycles. The van der Waals surface area contributed by atoms with Crippen LogP contribution in [0.1, 0.15) is 32.4 Å². The second-order valence-electron chi connectivity index (χ2n) is 6.34. The van der Waals surface area contributed by atoms with E-state index in [1.54, 1.807) is 12.4 Å². The minimum atomic E-state index is -1.98. The van der Waals surface area contributed by atoms with Crippen molar-refractivity contribution in [3.8, 4) is 0 Å². The fourth-order valence-corrected chi connectivity index (χ4v) is 2.79. The Hall–Kier alpha value is -1.40. The molecule has 0 aliphatic rings. The van der Waals surface area contributed by atoms with E-state index in [9.17, 15) is 4.79 Å². The molecule has 1 amide bonds. The minimum Gasteiger partial charge on any atom is -0.465 e. The second-order valence-corrected chi connectivity index (χ2v) is 11.1. The van der Waals surface area contributed by atoms with Gasteiger partial charge in [-0.05, 0) is 29.8 Å². The molecule has 1 heterocycles. The van der Waals surface area contributed by atoms with E-state index < -0.39 is 14.4 Å². The molecular weight excluding hydrogens is 272 g/mol. The molecule has 20 heavy (non-hydrogen) atoms. The average Bonchev–Trinajstić information content (AvgIpc) is 2.34. The lowest BCUT2D eigenvalue weighted by Gasteiger charge is -2.39. The van der Waals surface area contributed by atoms with Crippen molar-refractivity contribution in [2.75, 3.05) is 6.54 Å². The molecule has 0 fully saturated rings. The number of carboxylic acid groups (broad SMARTS) is 1. The Morgan fingerprint density at radius 2 is 2.15 bits per heavy atom. The van der Waals surface area contributed by atoms with Crippen LogP contribution in [0.15, 0.2) is 24.5 Å². The molecule has 1 aromatic heterocycles. The van der Waals surface area contributed by atoms with Gasteiger partial charge in [-0.3, -0.25) is 4.98 Å². The fraction of sp³-hybridized carbons (Fsp3) is 0.571. The third-order valence-electron chi connectivity index (χ3n) is 3.74. The average molecular weight is 296 g/mol. The summed E-state index contributed by atoms with van der Waals surface area (Å²) in [5, 5.41) is 11.3. The molecule has 1 atom stereocenters. The maximum absolute atomic E-state index is 10.7. The first-order chi connectivity index (χ1) is 9.13. The highest BCUT2D eigenvalue weighted by molar-refractivity contribution is 6.74. The molecule has 0 aliphatic heterocycles. The minimum absolute atomic E-state index is 0.0662. The predicted octanol–water partition coefficient (Wildman–Crippen LogP) is 3.41. The van der Waals surface area contributed by atoms with Crippen LogP contribution >= 0.6 is 0 Å². The van der Waals surface area contributed by atoms with Crippen LogP contribution in [0.2, 0.25) is 18.1 Å². The molecule has 112 valence electrons. The summed E-state index contributed by atoms with van der Waals surface area (Å²) in [5.41, 5.74) is 0.895. The van der Waals surface area contributed by atoms with Gasteiger partial charge in [0.15, 0.2) is 8.32 Å². The van der Waals surface area contributed by atoms with Crippen LogP contribution in [-0.2, 0) is 4.43 Å².